The van der Waals surface area contributed by atoms with E-state index in [9.17, 15) is 9.59 Å². The van der Waals surface area contributed by atoms with Crippen molar-refractivity contribution in [3.8, 4) is 22.6 Å². The van der Waals surface area contributed by atoms with Crippen LogP contribution in [0.2, 0.25) is 0 Å². The van der Waals surface area contributed by atoms with Gasteiger partial charge < -0.3 is 20.1 Å². The molecule has 8 nitrogen and oxygen atoms in total. The summed E-state index contributed by atoms with van der Waals surface area (Å²) in [6.07, 6.45) is 1.65. The first-order valence-electron chi connectivity index (χ1n) is 9.89. The van der Waals surface area contributed by atoms with Crippen LogP contribution in [0.5, 0.6) is 11.5 Å². The average Bonchev–Trinajstić information content (AvgIpc) is 3.18. The number of methoxy groups -OCH3 is 2. The molecule has 0 fully saturated rings. The number of anilines is 2. The molecule has 0 aliphatic carbocycles. The third-order valence-electron chi connectivity index (χ3n) is 5.36. The lowest BCUT2D eigenvalue weighted by Crippen LogP contribution is -2.36. The SMILES string of the molecule is COc1ccc(-c2cnn3c2NC(=O)CC3C(=O)Nc2ccc(C)cc2C)cc1OC. The van der Waals surface area contributed by atoms with Crippen molar-refractivity contribution in [2.45, 2.75) is 26.3 Å². The van der Waals surface area contributed by atoms with Crippen LogP contribution in [-0.4, -0.2) is 35.8 Å². The molecule has 0 spiro atoms. The van der Waals surface area contributed by atoms with Gasteiger partial charge in [-0.05, 0) is 43.2 Å². The highest BCUT2D eigenvalue weighted by molar-refractivity contribution is 6.03. The Morgan fingerprint density at radius 3 is 2.61 bits per heavy atom. The average molecular weight is 420 g/mol. The summed E-state index contributed by atoms with van der Waals surface area (Å²) in [6, 6.07) is 10.5. The second-order valence-electron chi connectivity index (χ2n) is 7.50. The van der Waals surface area contributed by atoms with Crippen molar-refractivity contribution >= 4 is 23.3 Å². The van der Waals surface area contributed by atoms with E-state index < -0.39 is 6.04 Å². The second-order valence-corrected chi connectivity index (χ2v) is 7.50. The number of ether oxygens (including phenoxy) is 2. The van der Waals surface area contributed by atoms with Gasteiger partial charge in [0, 0.05) is 11.3 Å². The summed E-state index contributed by atoms with van der Waals surface area (Å²) in [4.78, 5) is 25.5. The van der Waals surface area contributed by atoms with E-state index in [2.05, 4.69) is 15.7 Å². The van der Waals surface area contributed by atoms with Crippen molar-refractivity contribution in [3.05, 3.63) is 53.7 Å². The van der Waals surface area contributed by atoms with Crippen LogP contribution in [0.25, 0.3) is 11.1 Å². The fraction of sp³-hybridized carbons (Fsp3) is 0.261. The number of fused-ring (bicyclic) bond motifs is 1. The molecule has 4 rings (SSSR count). The van der Waals surface area contributed by atoms with Crippen molar-refractivity contribution in [1.82, 2.24) is 9.78 Å². The van der Waals surface area contributed by atoms with Gasteiger partial charge in [0.25, 0.3) is 0 Å². The zero-order valence-electron chi connectivity index (χ0n) is 17.9. The van der Waals surface area contributed by atoms with Crippen molar-refractivity contribution in [2.75, 3.05) is 24.9 Å². The third-order valence-corrected chi connectivity index (χ3v) is 5.36. The molecular weight excluding hydrogens is 396 g/mol. The molecule has 0 radical (unpaired) electrons. The van der Waals surface area contributed by atoms with E-state index in [1.165, 1.54) is 0 Å². The van der Waals surface area contributed by atoms with Gasteiger partial charge in [-0.25, -0.2) is 4.68 Å². The molecule has 0 bridgehead atoms. The van der Waals surface area contributed by atoms with Gasteiger partial charge in [0.05, 0.1) is 26.8 Å². The molecule has 0 saturated heterocycles. The molecule has 1 atom stereocenters. The van der Waals surface area contributed by atoms with Crippen molar-refractivity contribution in [1.29, 1.82) is 0 Å². The zero-order chi connectivity index (χ0) is 22.1. The quantitative estimate of drug-likeness (QED) is 0.656. The van der Waals surface area contributed by atoms with Crippen LogP contribution in [0.4, 0.5) is 11.5 Å². The summed E-state index contributed by atoms with van der Waals surface area (Å²) in [6.45, 7) is 3.93. The highest BCUT2D eigenvalue weighted by atomic mass is 16.5. The van der Waals surface area contributed by atoms with Crippen molar-refractivity contribution in [2.24, 2.45) is 0 Å². The smallest absolute Gasteiger partial charge is 0.249 e. The Morgan fingerprint density at radius 2 is 1.90 bits per heavy atom. The fourth-order valence-electron chi connectivity index (χ4n) is 3.76. The first-order valence-corrected chi connectivity index (χ1v) is 9.89. The lowest BCUT2D eigenvalue weighted by Gasteiger charge is -2.25. The van der Waals surface area contributed by atoms with Gasteiger partial charge in [-0.1, -0.05) is 23.8 Å². The summed E-state index contributed by atoms with van der Waals surface area (Å²) in [5.74, 6) is 1.11. The van der Waals surface area contributed by atoms with Gasteiger partial charge in [-0.3, -0.25) is 9.59 Å². The zero-order valence-corrected chi connectivity index (χ0v) is 17.9. The van der Waals surface area contributed by atoms with Crippen LogP contribution in [0, 0.1) is 13.8 Å². The van der Waals surface area contributed by atoms with Crippen LogP contribution in [0.15, 0.2) is 42.6 Å². The van der Waals surface area contributed by atoms with Gasteiger partial charge in [-0.2, -0.15) is 5.10 Å². The topological polar surface area (TPSA) is 94.5 Å². The Hall–Kier alpha value is -3.81. The Morgan fingerprint density at radius 1 is 1.13 bits per heavy atom. The highest BCUT2D eigenvalue weighted by Crippen LogP contribution is 2.38. The number of aromatic nitrogens is 2. The number of aryl methyl sites for hydroxylation is 2. The van der Waals surface area contributed by atoms with E-state index in [4.69, 9.17) is 9.47 Å². The maximum atomic E-state index is 13.1. The summed E-state index contributed by atoms with van der Waals surface area (Å²) in [7, 11) is 3.13. The number of carbonyl (C=O) groups excluding carboxylic acids is 2. The molecule has 31 heavy (non-hydrogen) atoms. The molecular formula is C23H24N4O4. The maximum absolute atomic E-state index is 13.1. The van der Waals surface area contributed by atoms with Crippen molar-refractivity contribution < 1.29 is 19.1 Å². The van der Waals surface area contributed by atoms with Crippen LogP contribution in [0.1, 0.15) is 23.6 Å². The molecule has 1 unspecified atom stereocenters. The number of amides is 2. The first kappa shape index (κ1) is 20.5. The standard InChI is InChI=1S/C23H24N4O4/c1-13-5-7-17(14(2)9-13)25-23(29)18-11-21(28)26-22-16(12-24-27(18)22)15-6-8-19(30-3)20(10-15)31-4/h5-10,12,18H,11H2,1-4H3,(H,25,29)(H,26,28). The van der Waals surface area contributed by atoms with E-state index in [0.29, 0.717) is 22.9 Å². The Bertz CT molecular complexity index is 1170. The molecule has 0 saturated carbocycles. The third kappa shape index (κ3) is 3.84. The molecule has 1 aliphatic heterocycles. The van der Waals surface area contributed by atoms with Crippen LogP contribution in [0.3, 0.4) is 0 Å². The molecule has 2 N–H and O–H groups in total. The van der Waals surface area contributed by atoms with E-state index in [1.807, 2.05) is 44.2 Å². The number of carbonyl (C=O) groups is 2. The van der Waals surface area contributed by atoms with Gasteiger partial charge in [0.2, 0.25) is 11.8 Å². The molecule has 8 heteroatoms. The minimum atomic E-state index is -0.752. The summed E-state index contributed by atoms with van der Waals surface area (Å²) < 4.78 is 12.2. The monoisotopic (exact) mass is 420 g/mol. The van der Waals surface area contributed by atoms with Crippen LogP contribution >= 0.6 is 0 Å². The number of benzene rings is 2. The molecule has 160 valence electrons. The second kappa shape index (κ2) is 8.14. The summed E-state index contributed by atoms with van der Waals surface area (Å²) >= 11 is 0. The number of rotatable bonds is 5. The van der Waals surface area contributed by atoms with E-state index in [-0.39, 0.29) is 18.2 Å². The lowest BCUT2D eigenvalue weighted by atomic mass is 10.1. The van der Waals surface area contributed by atoms with Gasteiger partial charge in [0.15, 0.2) is 11.5 Å². The molecule has 2 heterocycles. The van der Waals surface area contributed by atoms with Crippen LogP contribution < -0.4 is 20.1 Å². The fourth-order valence-corrected chi connectivity index (χ4v) is 3.76. The minimum absolute atomic E-state index is 0.0107. The Balaban J connectivity index is 1.67. The van der Waals surface area contributed by atoms with Crippen molar-refractivity contribution in [3.63, 3.8) is 0 Å². The first-order chi connectivity index (χ1) is 14.9. The normalized spacial score (nSPS) is 15.1. The molecule has 2 aromatic carbocycles. The molecule has 1 aliphatic rings. The predicted octanol–water partition coefficient (Wildman–Crippen LogP) is 3.71. The number of hydrogen-bond donors (Lipinski definition) is 2. The number of hydrogen-bond acceptors (Lipinski definition) is 5. The van der Waals surface area contributed by atoms with E-state index >= 15 is 0 Å². The van der Waals surface area contributed by atoms with Gasteiger partial charge in [-0.15, -0.1) is 0 Å². The maximum Gasteiger partial charge on any atom is 0.249 e. The molecule has 1 aromatic heterocycles. The van der Waals surface area contributed by atoms with Gasteiger partial charge in [0.1, 0.15) is 11.9 Å². The lowest BCUT2D eigenvalue weighted by molar-refractivity contribution is -0.125. The number of nitrogens with one attached hydrogen (secondary N) is 2. The Labute approximate surface area is 180 Å². The van der Waals surface area contributed by atoms with Gasteiger partial charge >= 0.3 is 0 Å². The van der Waals surface area contributed by atoms with Crippen LogP contribution in [-0.2, 0) is 9.59 Å². The minimum Gasteiger partial charge on any atom is -0.493 e. The summed E-state index contributed by atoms with van der Waals surface area (Å²) in [5.41, 5.74) is 4.27. The largest absolute Gasteiger partial charge is 0.493 e. The molecule has 3 aromatic rings. The Kier molecular flexibility index (Phi) is 5.37. The van der Waals surface area contributed by atoms with E-state index in [1.54, 1.807) is 31.2 Å². The predicted molar refractivity (Wildman–Crippen MR) is 118 cm³/mol. The highest BCUT2D eigenvalue weighted by Gasteiger charge is 2.33. The number of nitrogens with zero attached hydrogens (tertiary/aromatic N) is 2. The summed E-state index contributed by atoms with van der Waals surface area (Å²) in [5, 5.41) is 10.2. The molecule has 2 amide bonds. The van der Waals surface area contributed by atoms with E-state index in [0.717, 1.165) is 22.4 Å².